The molecule has 1 saturated carbocycles. The van der Waals surface area contributed by atoms with Gasteiger partial charge < -0.3 is 20.5 Å². The largest absolute Gasteiger partial charge is 0.475 e. The normalized spacial score (nSPS) is 18.5. The number of hydrogen-bond acceptors (Lipinski definition) is 7. The van der Waals surface area contributed by atoms with Crippen molar-refractivity contribution in [3.63, 3.8) is 0 Å². The number of carbonyl (C=O) groups is 5. The quantitative estimate of drug-likeness (QED) is 0.104. The van der Waals surface area contributed by atoms with Gasteiger partial charge in [-0.15, -0.1) is 0 Å². The van der Waals surface area contributed by atoms with E-state index in [4.69, 9.17) is 16.3 Å². The van der Waals surface area contributed by atoms with E-state index >= 15 is 0 Å². The van der Waals surface area contributed by atoms with Crippen LogP contribution in [-0.2, 0) is 29.3 Å². The first-order valence-electron chi connectivity index (χ1n) is 17.1. The molecule has 2 aliphatic rings. The van der Waals surface area contributed by atoms with Crippen LogP contribution in [0, 0.1) is 11.8 Å². The van der Waals surface area contributed by atoms with Crippen molar-refractivity contribution in [3.8, 4) is 0 Å². The van der Waals surface area contributed by atoms with Crippen LogP contribution >= 0.6 is 23.5 Å². The first-order chi connectivity index (χ1) is 23.9. The fourth-order valence-electron chi connectivity index (χ4n) is 7.03. The highest BCUT2D eigenvalue weighted by molar-refractivity contribution is 7.99. The summed E-state index contributed by atoms with van der Waals surface area (Å²) in [5, 5.41) is 16.5. The number of aliphatic carboxylic acids is 1. The van der Waals surface area contributed by atoms with E-state index in [0.717, 1.165) is 66.0 Å². The molecule has 4 atom stereocenters. The molecule has 1 saturated heterocycles. The molecule has 3 amide bonds. The summed E-state index contributed by atoms with van der Waals surface area (Å²) in [5.41, 5.74) is 0.908. The molecule has 5 rings (SSSR count). The minimum absolute atomic E-state index is 0.120. The topological polar surface area (TPSA) is 151 Å². The van der Waals surface area contributed by atoms with Gasteiger partial charge in [0.25, 0.3) is 5.78 Å². The van der Waals surface area contributed by atoms with Crippen LogP contribution in [0.4, 0.5) is 4.79 Å². The Morgan fingerprint density at radius 2 is 1.70 bits per heavy atom. The van der Waals surface area contributed by atoms with Crippen LogP contribution in [0.2, 0.25) is 5.02 Å². The van der Waals surface area contributed by atoms with Crippen molar-refractivity contribution in [2.75, 3.05) is 6.54 Å². The molecule has 3 aromatic rings. The molecule has 12 heteroatoms. The first kappa shape index (κ1) is 37.2. The Bertz CT molecular complexity index is 1730. The number of benzene rings is 3. The van der Waals surface area contributed by atoms with Crippen molar-refractivity contribution in [1.29, 1.82) is 0 Å². The van der Waals surface area contributed by atoms with Crippen LogP contribution in [0.1, 0.15) is 82.4 Å². The van der Waals surface area contributed by atoms with Crippen molar-refractivity contribution in [2.24, 2.45) is 11.8 Å². The number of amides is 3. The van der Waals surface area contributed by atoms with Gasteiger partial charge in [0.1, 0.15) is 11.4 Å². The fourth-order valence-corrected chi connectivity index (χ4v) is 8.05. The summed E-state index contributed by atoms with van der Waals surface area (Å²) in [6, 6.07) is 19.9. The number of Topliss-reactive ketones (excluding diaryl/α,β-unsaturated/α-hetero) is 1. The van der Waals surface area contributed by atoms with Gasteiger partial charge in [-0.1, -0.05) is 106 Å². The minimum atomic E-state index is -1.69. The number of ether oxygens (including phenoxy) is 1. The Morgan fingerprint density at radius 3 is 2.38 bits per heavy atom. The highest BCUT2D eigenvalue weighted by Crippen LogP contribution is 2.41. The molecule has 1 aliphatic heterocycles. The number of rotatable bonds is 14. The number of fused-ring (bicyclic) bond motifs is 1. The zero-order valence-corrected chi connectivity index (χ0v) is 29.9. The predicted octanol–water partition coefficient (Wildman–Crippen LogP) is 6.89. The zero-order valence-electron chi connectivity index (χ0n) is 28.3. The van der Waals surface area contributed by atoms with E-state index in [2.05, 4.69) is 15.4 Å². The molecule has 0 spiro atoms. The van der Waals surface area contributed by atoms with Crippen molar-refractivity contribution >= 4 is 64.0 Å². The molecular weight excluding hydrogens is 678 g/mol. The van der Waals surface area contributed by atoms with E-state index in [-0.39, 0.29) is 18.2 Å². The molecule has 4 N–H and O–H groups in total. The van der Waals surface area contributed by atoms with E-state index in [9.17, 15) is 29.1 Å². The monoisotopic (exact) mass is 721 g/mol. The van der Waals surface area contributed by atoms with E-state index < -0.39 is 52.5 Å². The summed E-state index contributed by atoms with van der Waals surface area (Å²) >= 11 is 7.26. The zero-order chi connectivity index (χ0) is 35.8. The Morgan fingerprint density at radius 1 is 0.960 bits per heavy atom. The second-order valence-corrected chi connectivity index (χ2v) is 15.3. The third-order valence-corrected chi connectivity index (χ3v) is 11.1. The average Bonchev–Trinajstić information content (AvgIpc) is 3.51. The van der Waals surface area contributed by atoms with Gasteiger partial charge in [-0.3, -0.25) is 19.1 Å². The van der Waals surface area contributed by atoms with Gasteiger partial charge in [0.05, 0.1) is 6.04 Å². The summed E-state index contributed by atoms with van der Waals surface area (Å²) in [7, 11) is 0. The number of carboxylic acids is 1. The van der Waals surface area contributed by atoms with Crippen LogP contribution in [0.25, 0.3) is 10.8 Å². The van der Waals surface area contributed by atoms with Gasteiger partial charge in [0.15, 0.2) is 0 Å². The summed E-state index contributed by atoms with van der Waals surface area (Å²) in [6.45, 7) is 4.37. The van der Waals surface area contributed by atoms with Crippen LogP contribution < -0.4 is 15.4 Å². The maximum absolute atomic E-state index is 13.8. The van der Waals surface area contributed by atoms with Crippen molar-refractivity contribution in [1.82, 2.24) is 15.4 Å². The van der Waals surface area contributed by atoms with Gasteiger partial charge in [0.2, 0.25) is 11.8 Å². The lowest BCUT2D eigenvalue weighted by molar-refractivity contribution is -0.150. The van der Waals surface area contributed by atoms with E-state index in [0.29, 0.717) is 24.4 Å². The number of nitrogens with one attached hydrogen (secondary N) is 3. The number of carbonyl (C=O) groups excluding carboxylic acids is 4. The summed E-state index contributed by atoms with van der Waals surface area (Å²) in [4.78, 5) is 64.0. The van der Waals surface area contributed by atoms with Crippen molar-refractivity contribution < 1.29 is 33.8 Å². The number of hydrogen-bond donors (Lipinski definition) is 4. The minimum Gasteiger partial charge on any atom is -0.475 e. The second-order valence-electron chi connectivity index (χ2n) is 13.8. The molecule has 2 fully saturated rings. The molecule has 1 unspecified atom stereocenters. The van der Waals surface area contributed by atoms with Gasteiger partial charge in [-0.25, -0.2) is 9.59 Å². The number of carboxylic acid groups (broad SMARTS) is 1. The van der Waals surface area contributed by atoms with E-state index in [1.807, 2.05) is 74.5 Å². The first-order valence-corrected chi connectivity index (χ1v) is 18.4. The molecule has 0 aromatic heterocycles. The van der Waals surface area contributed by atoms with Gasteiger partial charge in [-0.05, 0) is 77.2 Å². The molecule has 1 heterocycles. The van der Waals surface area contributed by atoms with Crippen LogP contribution in [0.5, 0.6) is 0 Å². The molecule has 1 aliphatic carbocycles. The van der Waals surface area contributed by atoms with Crippen LogP contribution in [-0.4, -0.2) is 52.6 Å². The molecule has 50 heavy (non-hydrogen) atoms. The lowest BCUT2D eigenvalue weighted by Gasteiger charge is -2.35. The van der Waals surface area contributed by atoms with Gasteiger partial charge in [0, 0.05) is 22.9 Å². The molecule has 0 bridgehead atoms. The molecule has 3 aromatic carbocycles. The number of halogens is 1. The Hall–Kier alpha value is -4.09. The predicted molar refractivity (Wildman–Crippen MR) is 194 cm³/mol. The van der Waals surface area contributed by atoms with Crippen molar-refractivity contribution in [2.45, 2.75) is 88.0 Å². The maximum Gasteiger partial charge on any atom is 0.417 e. The van der Waals surface area contributed by atoms with Crippen molar-refractivity contribution in [3.05, 3.63) is 82.9 Å². The summed E-state index contributed by atoms with van der Waals surface area (Å²) < 4.78 is 8.93. The van der Waals surface area contributed by atoms with Gasteiger partial charge in [-0.2, -0.15) is 0 Å². The lowest BCUT2D eigenvalue weighted by atomic mass is 9.76. The third kappa shape index (κ3) is 9.37. The summed E-state index contributed by atoms with van der Waals surface area (Å²) in [6.07, 6.45) is 4.24. The highest BCUT2D eigenvalue weighted by Gasteiger charge is 2.38. The second kappa shape index (κ2) is 16.7. The lowest BCUT2D eigenvalue weighted by Crippen LogP contribution is -2.49. The number of ketones is 1. The Kier molecular flexibility index (Phi) is 12.4. The fraction of sp³-hybridized carbons (Fsp3) is 0.447. The Balaban J connectivity index is 1.36. The van der Waals surface area contributed by atoms with Gasteiger partial charge >= 0.3 is 12.1 Å². The molecule has 10 nitrogen and oxygen atoms in total. The SMILES string of the molecule is CC(C)(c1cccc(Cl)c1)C(OC(=O)NS[C@@H](CC1CCCCC1)C(=O)N[C@@H](C[C@@H]1CCNC1=O)C(=O)C(=O)O)c1ccc2ccccc2c1. The smallest absolute Gasteiger partial charge is 0.417 e. The molecule has 266 valence electrons. The molecule has 0 radical (unpaired) electrons. The average molecular weight is 722 g/mol. The van der Waals surface area contributed by atoms with Crippen LogP contribution in [0.3, 0.4) is 0 Å². The van der Waals surface area contributed by atoms with E-state index in [1.165, 1.54) is 0 Å². The van der Waals surface area contributed by atoms with E-state index in [1.54, 1.807) is 6.07 Å². The van der Waals surface area contributed by atoms with Crippen LogP contribution in [0.15, 0.2) is 66.7 Å². The summed E-state index contributed by atoms with van der Waals surface area (Å²) in [5.74, 6) is -4.10. The molecular formula is C38H44ClN3O7S. The maximum atomic E-state index is 13.8. The standard InChI is InChI=1S/C38H44ClN3O7S/c1-38(2,28-13-8-14-29(39)22-28)33(26-16-15-24-11-6-7-12-25(24)20-26)49-37(48)42-50-31(19-23-9-4-3-5-10-23)35(45)41-30(32(43)36(46)47)21-27-17-18-40-34(27)44/h6-8,11-16,20,22-23,27,30-31,33H,3-5,9-10,17-19,21H2,1-2H3,(H,40,44)(H,41,45)(H,42,48)(H,46,47)/t27-,30-,31-,33?/m0/s1. The Labute approximate surface area is 301 Å². The highest BCUT2D eigenvalue weighted by atomic mass is 35.5. The third-order valence-electron chi connectivity index (χ3n) is 9.90.